The Hall–Kier alpha value is -1.62. The maximum Gasteiger partial charge on any atom is 0.143 e. The molecule has 5 heteroatoms. The van der Waals surface area contributed by atoms with Crippen molar-refractivity contribution in [3.8, 4) is 0 Å². The topological polar surface area (TPSA) is 75.2 Å². The molecule has 3 heterocycles. The Bertz CT molecular complexity index is 436. The van der Waals surface area contributed by atoms with Gasteiger partial charge in [0.1, 0.15) is 11.5 Å². The number of hydrogen-bond acceptors (Lipinski definition) is 4. The van der Waals surface area contributed by atoms with Crippen LogP contribution in [0.1, 0.15) is 18.5 Å². The third kappa shape index (κ3) is 1.86. The fraction of sp³-hybridized carbons (Fsp3) is 0.500. The van der Waals surface area contributed by atoms with Crippen LogP contribution in [0.5, 0.6) is 0 Å². The minimum absolute atomic E-state index is 0.0273. The molecule has 5 nitrogen and oxygen atoms in total. The highest BCUT2D eigenvalue weighted by Gasteiger charge is 2.34. The monoisotopic (exact) mass is 232 g/mol. The zero-order valence-electron chi connectivity index (χ0n) is 9.60. The third-order valence-corrected chi connectivity index (χ3v) is 3.43. The van der Waals surface area contributed by atoms with Crippen LogP contribution in [0.4, 0.5) is 5.69 Å². The number of nitrogens with one attached hydrogen (secondary N) is 1. The number of nitrogens with zero attached hydrogens (tertiary/aromatic N) is 2. The van der Waals surface area contributed by atoms with Gasteiger partial charge < -0.3 is 15.4 Å². The zero-order chi connectivity index (χ0) is 11.8. The van der Waals surface area contributed by atoms with Crippen LogP contribution in [0.3, 0.4) is 0 Å². The lowest BCUT2D eigenvalue weighted by atomic mass is 10.2. The summed E-state index contributed by atoms with van der Waals surface area (Å²) >= 11 is 0. The van der Waals surface area contributed by atoms with E-state index in [9.17, 15) is 0 Å². The Morgan fingerprint density at radius 3 is 2.76 bits per heavy atom. The van der Waals surface area contributed by atoms with Crippen LogP contribution >= 0.6 is 0 Å². The van der Waals surface area contributed by atoms with Crippen LogP contribution in [0.25, 0.3) is 0 Å². The van der Waals surface area contributed by atoms with Crippen molar-refractivity contribution in [3.05, 3.63) is 24.0 Å². The van der Waals surface area contributed by atoms with Gasteiger partial charge in [-0.05, 0) is 25.0 Å². The van der Waals surface area contributed by atoms with Crippen LogP contribution in [0.2, 0.25) is 0 Å². The minimum Gasteiger partial charge on any atom is -0.382 e. The number of hydrogen-bond donors (Lipinski definition) is 2. The van der Waals surface area contributed by atoms with Gasteiger partial charge in [0, 0.05) is 19.3 Å². The van der Waals surface area contributed by atoms with E-state index in [1.165, 1.54) is 0 Å². The van der Waals surface area contributed by atoms with Gasteiger partial charge in [-0.25, -0.2) is 0 Å². The van der Waals surface area contributed by atoms with Crippen molar-refractivity contribution >= 4 is 11.5 Å². The molecule has 1 aromatic heterocycles. The molecule has 0 spiro atoms. The SMILES string of the molecule is N=C(N)c1ncccc1N1CC2CCC(C1)O2. The lowest BCUT2D eigenvalue weighted by Crippen LogP contribution is -2.43. The molecule has 2 fully saturated rings. The van der Waals surface area contributed by atoms with E-state index >= 15 is 0 Å². The van der Waals surface area contributed by atoms with Crippen molar-refractivity contribution in [1.82, 2.24) is 4.98 Å². The average Bonchev–Trinajstić information content (AvgIpc) is 2.68. The van der Waals surface area contributed by atoms with Crippen molar-refractivity contribution in [2.45, 2.75) is 25.0 Å². The number of nitrogens with two attached hydrogens (primary N) is 1. The van der Waals surface area contributed by atoms with Gasteiger partial charge in [0.15, 0.2) is 0 Å². The van der Waals surface area contributed by atoms with Gasteiger partial charge in [-0.1, -0.05) is 0 Å². The third-order valence-electron chi connectivity index (χ3n) is 3.43. The van der Waals surface area contributed by atoms with Crippen molar-refractivity contribution in [3.63, 3.8) is 0 Å². The Labute approximate surface area is 100 Å². The number of nitrogen functional groups attached to an aromatic ring is 1. The van der Waals surface area contributed by atoms with E-state index in [-0.39, 0.29) is 5.84 Å². The van der Waals surface area contributed by atoms with E-state index in [0.29, 0.717) is 17.9 Å². The average molecular weight is 232 g/mol. The molecule has 0 amide bonds. The highest BCUT2D eigenvalue weighted by atomic mass is 16.5. The van der Waals surface area contributed by atoms with Gasteiger partial charge in [0.2, 0.25) is 0 Å². The largest absolute Gasteiger partial charge is 0.382 e. The second-order valence-electron chi connectivity index (χ2n) is 4.65. The highest BCUT2D eigenvalue weighted by molar-refractivity contribution is 5.98. The van der Waals surface area contributed by atoms with Crippen LogP contribution in [-0.4, -0.2) is 36.1 Å². The Balaban J connectivity index is 1.91. The van der Waals surface area contributed by atoms with Gasteiger partial charge in [-0.15, -0.1) is 0 Å². The normalized spacial score (nSPS) is 27.2. The first-order valence-corrected chi connectivity index (χ1v) is 5.94. The number of anilines is 1. The summed E-state index contributed by atoms with van der Waals surface area (Å²) in [6.45, 7) is 1.75. The lowest BCUT2D eigenvalue weighted by Gasteiger charge is -2.34. The first-order valence-electron chi connectivity index (χ1n) is 5.94. The Morgan fingerprint density at radius 2 is 2.12 bits per heavy atom. The van der Waals surface area contributed by atoms with Crippen LogP contribution < -0.4 is 10.6 Å². The van der Waals surface area contributed by atoms with Gasteiger partial charge in [-0.3, -0.25) is 10.4 Å². The summed E-state index contributed by atoms with van der Waals surface area (Å²) in [5.74, 6) is 0.0273. The molecule has 17 heavy (non-hydrogen) atoms. The van der Waals surface area contributed by atoms with Crippen molar-refractivity contribution in [2.24, 2.45) is 5.73 Å². The highest BCUT2D eigenvalue weighted by Crippen LogP contribution is 2.30. The summed E-state index contributed by atoms with van der Waals surface area (Å²) in [5.41, 5.74) is 7.11. The molecule has 0 aliphatic carbocycles. The number of aromatic nitrogens is 1. The van der Waals surface area contributed by atoms with Gasteiger partial charge in [0.25, 0.3) is 0 Å². The predicted molar refractivity (Wildman–Crippen MR) is 65.4 cm³/mol. The summed E-state index contributed by atoms with van der Waals surface area (Å²) in [5, 5.41) is 7.57. The van der Waals surface area contributed by atoms with E-state index in [0.717, 1.165) is 31.6 Å². The van der Waals surface area contributed by atoms with E-state index in [1.54, 1.807) is 6.20 Å². The molecule has 1 aromatic rings. The number of amidine groups is 1. The number of fused-ring (bicyclic) bond motifs is 2. The molecular formula is C12H16N4O. The van der Waals surface area contributed by atoms with Crippen molar-refractivity contribution < 1.29 is 4.74 Å². The molecule has 90 valence electrons. The number of pyridine rings is 1. The summed E-state index contributed by atoms with van der Waals surface area (Å²) < 4.78 is 5.80. The fourth-order valence-corrected chi connectivity index (χ4v) is 2.67. The predicted octanol–water partition coefficient (Wildman–Crippen LogP) is 0.733. The second-order valence-corrected chi connectivity index (χ2v) is 4.65. The van der Waals surface area contributed by atoms with Gasteiger partial charge in [-0.2, -0.15) is 0 Å². The molecule has 2 unspecified atom stereocenters. The Morgan fingerprint density at radius 1 is 1.41 bits per heavy atom. The summed E-state index contributed by atoms with van der Waals surface area (Å²) in [7, 11) is 0. The summed E-state index contributed by atoms with van der Waals surface area (Å²) in [4.78, 5) is 6.44. The molecule has 0 radical (unpaired) electrons. The molecule has 3 N–H and O–H groups in total. The maximum atomic E-state index is 7.57. The summed E-state index contributed by atoms with van der Waals surface area (Å²) in [6, 6.07) is 3.87. The zero-order valence-corrected chi connectivity index (χ0v) is 9.60. The number of morpholine rings is 1. The molecule has 2 bridgehead atoms. The second kappa shape index (κ2) is 4.00. The molecule has 2 atom stereocenters. The first kappa shape index (κ1) is 10.5. The molecule has 2 aliphatic rings. The first-order chi connectivity index (χ1) is 8.24. The molecular weight excluding hydrogens is 216 g/mol. The molecule has 3 rings (SSSR count). The molecule has 2 saturated heterocycles. The van der Waals surface area contributed by atoms with Crippen molar-refractivity contribution in [2.75, 3.05) is 18.0 Å². The summed E-state index contributed by atoms with van der Waals surface area (Å²) in [6.07, 6.45) is 4.60. The van der Waals surface area contributed by atoms with E-state index in [2.05, 4.69) is 9.88 Å². The van der Waals surface area contributed by atoms with Crippen LogP contribution in [0, 0.1) is 5.41 Å². The fourth-order valence-electron chi connectivity index (χ4n) is 2.67. The van der Waals surface area contributed by atoms with E-state index < -0.39 is 0 Å². The quantitative estimate of drug-likeness (QED) is 0.582. The molecule has 2 aliphatic heterocycles. The number of rotatable bonds is 2. The van der Waals surface area contributed by atoms with Crippen LogP contribution in [-0.2, 0) is 4.74 Å². The Kier molecular flexibility index (Phi) is 2.48. The smallest absolute Gasteiger partial charge is 0.143 e. The van der Waals surface area contributed by atoms with Crippen LogP contribution in [0.15, 0.2) is 18.3 Å². The van der Waals surface area contributed by atoms with E-state index in [4.69, 9.17) is 15.9 Å². The van der Waals surface area contributed by atoms with Gasteiger partial charge in [0.05, 0.1) is 17.9 Å². The standard InChI is InChI=1S/C12H16N4O/c13-12(14)11-10(2-1-5-15-11)16-6-8-3-4-9(7-16)17-8/h1-2,5,8-9H,3-4,6-7H2,(H3,13,14). The number of ether oxygens (including phenoxy) is 1. The maximum absolute atomic E-state index is 7.57. The molecule has 0 aromatic carbocycles. The van der Waals surface area contributed by atoms with E-state index in [1.807, 2.05) is 12.1 Å². The van der Waals surface area contributed by atoms with Gasteiger partial charge >= 0.3 is 0 Å². The lowest BCUT2D eigenvalue weighted by molar-refractivity contribution is 0.0304. The molecule has 0 saturated carbocycles. The van der Waals surface area contributed by atoms with Crippen molar-refractivity contribution in [1.29, 1.82) is 5.41 Å². The minimum atomic E-state index is 0.0273.